The summed E-state index contributed by atoms with van der Waals surface area (Å²) in [4.78, 5) is 0. The molecule has 0 aliphatic heterocycles. The van der Waals surface area contributed by atoms with E-state index in [4.69, 9.17) is 26.8 Å². The van der Waals surface area contributed by atoms with Crippen LogP contribution in [0.1, 0.15) is 11.1 Å². The molecule has 0 fully saturated rings. The lowest BCUT2D eigenvalue weighted by Crippen LogP contribution is -2.10. The number of hydrogen-bond acceptors (Lipinski definition) is 3. The number of benzene rings is 2. The van der Waals surface area contributed by atoms with Crippen LogP contribution in [0.3, 0.4) is 0 Å². The zero-order valence-electron chi connectivity index (χ0n) is 11.7. The van der Waals surface area contributed by atoms with Crippen LogP contribution in [0.25, 0.3) is 0 Å². The van der Waals surface area contributed by atoms with E-state index in [0.29, 0.717) is 29.7 Å². The zero-order valence-corrected chi connectivity index (χ0v) is 12.4. The van der Waals surface area contributed by atoms with E-state index in [-0.39, 0.29) is 0 Å². The van der Waals surface area contributed by atoms with Gasteiger partial charge in [0.05, 0.1) is 10.7 Å². The molecule has 0 atom stereocenters. The van der Waals surface area contributed by atoms with E-state index in [1.165, 1.54) is 5.56 Å². The molecule has 4 heteroatoms. The Kier molecular flexibility index (Phi) is 4.74. The van der Waals surface area contributed by atoms with E-state index in [2.05, 4.69) is 13.0 Å². The molecule has 2 N–H and O–H groups in total. The van der Waals surface area contributed by atoms with Crippen molar-refractivity contribution in [3.05, 3.63) is 52.5 Å². The fourth-order valence-electron chi connectivity index (χ4n) is 1.80. The number of halogens is 1. The summed E-state index contributed by atoms with van der Waals surface area (Å²) in [5, 5.41) is 0.531. The standard InChI is InChI=1S/C16H18ClNO2/c1-11-4-3-5-16(12(11)2)20-9-8-19-13-6-7-14(17)15(18)10-13/h3-7,10H,8-9,18H2,1-2H3. The molecular weight excluding hydrogens is 274 g/mol. The fraction of sp³-hybridized carbons (Fsp3) is 0.250. The molecule has 0 radical (unpaired) electrons. The second kappa shape index (κ2) is 6.53. The van der Waals surface area contributed by atoms with Gasteiger partial charge in [0.15, 0.2) is 0 Å². The molecule has 106 valence electrons. The molecule has 0 amide bonds. The largest absolute Gasteiger partial charge is 0.490 e. The first-order chi connectivity index (χ1) is 9.58. The summed E-state index contributed by atoms with van der Waals surface area (Å²) < 4.78 is 11.3. The van der Waals surface area contributed by atoms with Crippen molar-refractivity contribution < 1.29 is 9.47 Å². The van der Waals surface area contributed by atoms with Crippen molar-refractivity contribution in [1.29, 1.82) is 0 Å². The predicted octanol–water partition coefficient (Wildman–Crippen LogP) is 4.00. The van der Waals surface area contributed by atoms with Crippen molar-refractivity contribution in [2.24, 2.45) is 0 Å². The van der Waals surface area contributed by atoms with Crippen molar-refractivity contribution in [2.45, 2.75) is 13.8 Å². The lowest BCUT2D eigenvalue weighted by molar-refractivity contribution is 0.216. The molecule has 0 aliphatic carbocycles. The van der Waals surface area contributed by atoms with Gasteiger partial charge in [0, 0.05) is 6.07 Å². The quantitative estimate of drug-likeness (QED) is 0.669. The van der Waals surface area contributed by atoms with Gasteiger partial charge in [0.25, 0.3) is 0 Å². The van der Waals surface area contributed by atoms with Gasteiger partial charge in [-0.15, -0.1) is 0 Å². The lowest BCUT2D eigenvalue weighted by Gasteiger charge is -2.12. The van der Waals surface area contributed by atoms with Gasteiger partial charge in [0.2, 0.25) is 0 Å². The van der Waals surface area contributed by atoms with Crippen LogP contribution in [-0.2, 0) is 0 Å². The maximum Gasteiger partial charge on any atom is 0.122 e. The molecule has 2 aromatic rings. The van der Waals surface area contributed by atoms with Crippen LogP contribution in [-0.4, -0.2) is 13.2 Å². The second-order valence-electron chi connectivity index (χ2n) is 4.58. The lowest BCUT2D eigenvalue weighted by atomic mass is 10.1. The highest BCUT2D eigenvalue weighted by Crippen LogP contribution is 2.24. The third-order valence-corrected chi connectivity index (χ3v) is 3.48. The van der Waals surface area contributed by atoms with Gasteiger partial charge in [-0.2, -0.15) is 0 Å². The van der Waals surface area contributed by atoms with Crippen LogP contribution in [0.4, 0.5) is 5.69 Å². The van der Waals surface area contributed by atoms with E-state index in [1.54, 1.807) is 18.2 Å². The summed E-state index contributed by atoms with van der Waals surface area (Å²) in [5.41, 5.74) is 8.60. The van der Waals surface area contributed by atoms with Crippen LogP contribution >= 0.6 is 11.6 Å². The van der Waals surface area contributed by atoms with Gasteiger partial charge in [-0.05, 0) is 43.2 Å². The molecule has 0 heterocycles. The molecular formula is C16H18ClNO2. The Hall–Kier alpha value is -1.87. The van der Waals surface area contributed by atoms with Gasteiger partial charge < -0.3 is 15.2 Å². The molecule has 0 aliphatic rings. The molecule has 0 bridgehead atoms. The Labute approximate surface area is 124 Å². The van der Waals surface area contributed by atoms with Gasteiger partial charge in [0.1, 0.15) is 24.7 Å². The van der Waals surface area contributed by atoms with E-state index in [9.17, 15) is 0 Å². The van der Waals surface area contributed by atoms with E-state index >= 15 is 0 Å². The molecule has 3 nitrogen and oxygen atoms in total. The van der Waals surface area contributed by atoms with Crippen LogP contribution in [0.15, 0.2) is 36.4 Å². The van der Waals surface area contributed by atoms with Crippen molar-refractivity contribution in [3.8, 4) is 11.5 Å². The van der Waals surface area contributed by atoms with Gasteiger partial charge in [-0.25, -0.2) is 0 Å². The number of nitrogens with two attached hydrogens (primary N) is 1. The normalized spacial score (nSPS) is 10.3. The first kappa shape index (κ1) is 14.5. The van der Waals surface area contributed by atoms with E-state index in [0.717, 1.165) is 11.3 Å². The van der Waals surface area contributed by atoms with Crippen LogP contribution in [0.2, 0.25) is 5.02 Å². The van der Waals surface area contributed by atoms with E-state index < -0.39 is 0 Å². The monoisotopic (exact) mass is 291 g/mol. The number of aryl methyl sites for hydroxylation is 1. The Morgan fingerprint density at radius 3 is 2.55 bits per heavy atom. The molecule has 0 unspecified atom stereocenters. The predicted molar refractivity (Wildman–Crippen MR) is 82.8 cm³/mol. The van der Waals surface area contributed by atoms with Gasteiger partial charge >= 0.3 is 0 Å². The third kappa shape index (κ3) is 3.58. The van der Waals surface area contributed by atoms with Crippen LogP contribution in [0, 0.1) is 13.8 Å². The molecule has 0 aromatic heterocycles. The van der Waals surface area contributed by atoms with Crippen molar-refractivity contribution in [1.82, 2.24) is 0 Å². The molecule has 0 saturated heterocycles. The van der Waals surface area contributed by atoms with E-state index in [1.807, 2.05) is 19.1 Å². The Balaban J connectivity index is 1.84. The van der Waals surface area contributed by atoms with Crippen LogP contribution < -0.4 is 15.2 Å². The number of anilines is 1. The topological polar surface area (TPSA) is 44.5 Å². The van der Waals surface area contributed by atoms with Crippen molar-refractivity contribution in [2.75, 3.05) is 18.9 Å². The zero-order chi connectivity index (χ0) is 14.5. The molecule has 0 spiro atoms. The Morgan fingerprint density at radius 1 is 1.05 bits per heavy atom. The highest BCUT2D eigenvalue weighted by Gasteiger charge is 2.02. The first-order valence-electron chi connectivity index (χ1n) is 6.45. The van der Waals surface area contributed by atoms with Crippen LogP contribution in [0.5, 0.6) is 11.5 Å². The highest BCUT2D eigenvalue weighted by molar-refractivity contribution is 6.33. The van der Waals surface area contributed by atoms with Gasteiger partial charge in [-0.3, -0.25) is 0 Å². The summed E-state index contributed by atoms with van der Waals surface area (Å²) in [6.45, 7) is 5.04. The van der Waals surface area contributed by atoms with Crippen molar-refractivity contribution >= 4 is 17.3 Å². The third-order valence-electron chi connectivity index (χ3n) is 3.13. The average molecular weight is 292 g/mol. The summed E-state index contributed by atoms with van der Waals surface area (Å²) in [6.07, 6.45) is 0. The molecule has 20 heavy (non-hydrogen) atoms. The molecule has 2 rings (SSSR count). The minimum absolute atomic E-state index is 0.453. The Morgan fingerprint density at radius 2 is 1.80 bits per heavy atom. The number of rotatable bonds is 5. The average Bonchev–Trinajstić information content (AvgIpc) is 2.43. The maximum absolute atomic E-state index is 5.85. The second-order valence-corrected chi connectivity index (χ2v) is 4.99. The summed E-state index contributed by atoms with van der Waals surface area (Å²) in [7, 11) is 0. The number of ether oxygens (including phenoxy) is 2. The smallest absolute Gasteiger partial charge is 0.122 e. The minimum Gasteiger partial charge on any atom is -0.490 e. The summed E-state index contributed by atoms with van der Waals surface area (Å²) in [6, 6.07) is 11.2. The number of hydrogen-bond donors (Lipinski definition) is 1. The molecule has 0 saturated carbocycles. The maximum atomic E-state index is 5.85. The SMILES string of the molecule is Cc1cccc(OCCOc2ccc(Cl)c(N)c2)c1C. The summed E-state index contributed by atoms with van der Waals surface area (Å²) in [5.74, 6) is 1.58. The minimum atomic E-state index is 0.453. The molecule has 2 aromatic carbocycles. The first-order valence-corrected chi connectivity index (χ1v) is 6.82. The number of nitrogen functional groups attached to an aromatic ring is 1. The Bertz CT molecular complexity index is 599. The highest BCUT2D eigenvalue weighted by atomic mass is 35.5. The summed E-state index contributed by atoms with van der Waals surface area (Å²) >= 11 is 5.85. The van der Waals surface area contributed by atoms with Gasteiger partial charge in [-0.1, -0.05) is 23.7 Å². The van der Waals surface area contributed by atoms with Crippen molar-refractivity contribution in [3.63, 3.8) is 0 Å². The fourth-order valence-corrected chi connectivity index (χ4v) is 1.92.